The van der Waals surface area contributed by atoms with Crippen LogP contribution in [0.1, 0.15) is 39.5 Å². The van der Waals surface area contributed by atoms with Gasteiger partial charge in [-0.1, -0.05) is 20.3 Å². The largest absolute Gasteiger partial charge is 0.312 e. The summed E-state index contributed by atoms with van der Waals surface area (Å²) < 4.78 is 0. The molecule has 0 spiro atoms. The molecule has 2 aliphatic rings. The van der Waals surface area contributed by atoms with Gasteiger partial charge in [0.2, 0.25) is 0 Å². The smallest absolute Gasteiger partial charge is 0.0200 e. The lowest BCUT2D eigenvalue weighted by atomic mass is 9.89. The second-order valence-corrected chi connectivity index (χ2v) is 5.97. The molecule has 0 aromatic heterocycles. The van der Waals surface area contributed by atoms with Crippen LogP contribution in [0.5, 0.6) is 0 Å². The summed E-state index contributed by atoms with van der Waals surface area (Å²) in [6, 6.07) is 1.62. The Morgan fingerprint density at radius 3 is 2.50 bits per heavy atom. The standard InChI is InChI=1S/C12H24N2/c1-12(2)7-10(13-9-12)8-14(3)11-5-4-6-11/h10-11,13H,4-9H2,1-3H3. The van der Waals surface area contributed by atoms with Crippen LogP contribution in [-0.2, 0) is 0 Å². The Kier molecular flexibility index (Phi) is 2.85. The quantitative estimate of drug-likeness (QED) is 0.741. The summed E-state index contributed by atoms with van der Waals surface area (Å²) in [4.78, 5) is 2.56. The fraction of sp³-hybridized carbons (Fsp3) is 1.00. The van der Waals surface area contributed by atoms with Crippen molar-refractivity contribution in [3.05, 3.63) is 0 Å². The fourth-order valence-electron chi connectivity index (χ4n) is 2.69. The lowest BCUT2D eigenvalue weighted by Gasteiger charge is -2.36. The zero-order valence-corrected chi connectivity index (χ0v) is 9.84. The average molecular weight is 196 g/mol. The van der Waals surface area contributed by atoms with Gasteiger partial charge in [0.05, 0.1) is 0 Å². The number of hydrogen-bond acceptors (Lipinski definition) is 2. The maximum absolute atomic E-state index is 3.64. The number of nitrogens with one attached hydrogen (secondary N) is 1. The van der Waals surface area contributed by atoms with Gasteiger partial charge in [-0.25, -0.2) is 0 Å². The predicted molar refractivity (Wildman–Crippen MR) is 60.5 cm³/mol. The van der Waals surface area contributed by atoms with E-state index in [0.717, 1.165) is 12.1 Å². The fourth-order valence-corrected chi connectivity index (χ4v) is 2.69. The van der Waals surface area contributed by atoms with Crippen LogP contribution in [0.25, 0.3) is 0 Å². The van der Waals surface area contributed by atoms with E-state index in [9.17, 15) is 0 Å². The second kappa shape index (κ2) is 3.82. The molecule has 0 amide bonds. The lowest BCUT2D eigenvalue weighted by molar-refractivity contribution is 0.147. The molecule has 1 N–H and O–H groups in total. The van der Waals surface area contributed by atoms with Gasteiger partial charge >= 0.3 is 0 Å². The van der Waals surface area contributed by atoms with Crippen molar-refractivity contribution < 1.29 is 0 Å². The van der Waals surface area contributed by atoms with Crippen molar-refractivity contribution in [1.82, 2.24) is 10.2 Å². The number of likely N-dealkylation sites (N-methyl/N-ethyl adjacent to an activating group) is 1. The van der Waals surface area contributed by atoms with Gasteiger partial charge in [0, 0.05) is 25.2 Å². The zero-order valence-electron chi connectivity index (χ0n) is 9.84. The molecule has 1 aliphatic heterocycles. The second-order valence-electron chi connectivity index (χ2n) is 5.97. The average Bonchev–Trinajstić information content (AvgIpc) is 2.25. The van der Waals surface area contributed by atoms with Gasteiger partial charge in [-0.3, -0.25) is 0 Å². The minimum atomic E-state index is 0.519. The Hall–Kier alpha value is -0.0800. The Labute approximate surface area is 88.1 Å². The molecule has 2 nitrogen and oxygen atoms in total. The van der Waals surface area contributed by atoms with Crippen LogP contribution in [0.3, 0.4) is 0 Å². The van der Waals surface area contributed by atoms with Gasteiger partial charge in [-0.15, -0.1) is 0 Å². The highest BCUT2D eigenvalue weighted by atomic mass is 15.2. The molecule has 0 radical (unpaired) electrons. The van der Waals surface area contributed by atoms with Gasteiger partial charge in [-0.05, 0) is 31.7 Å². The van der Waals surface area contributed by atoms with E-state index in [1.165, 1.54) is 38.8 Å². The molecule has 0 aromatic rings. The van der Waals surface area contributed by atoms with Gasteiger partial charge < -0.3 is 10.2 Å². The maximum atomic E-state index is 3.64. The van der Waals surface area contributed by atoms with E-state index in [4.69, 9.17) is 0 Å². The van der Waals surface area contributed by atoms with Crippen LogP contribution >= 0.6 is 0 Å². The molecule has 1 saturated carbocycles. The van der Waals surface area contributed by atoms with Crippen molar-refractivity contribution in [2.75, 3.05) is 20.1 Å². The number of rotatable bonds is 3. The van der Waals surface area contributed by atoms with Crippen molar-refractivity contribution in [3.8, 4) is 0 Å². The lowest BCUT2D eigenvalue weighted by Crippen LogP contribution is -2.43. The third-order valence-corrected chi connectivity index (χ3v) is 3.87. The summed E-state index contributed by atoms with van der Waals surface area (Å²) in [5.41, 5.74) is 0.519. The summed E-state index contributed by atoms with van der Waals surface area (Å²) >= 11 is 0. The van der Waals surface area contributed by atoms with Crippen molar-refractivity contribution in [1.29, 1.82) is 0 Å². The van der Waals surface area contributed by atoms with Gasteiger partial charge in [0.1, 0.15) is 0 Å². The highest BCUT2D eigenvalue weighted by Crippen LogP contribution is 2.29. The molecule has 1 aliphatic carbocycles. The molecule has 2 fully saturated rings. The van der Waals surface area contributed by atoms with Crippen LogP contribution in [0.15, 0.2) is 0 Å². The number of hydrogen-bond donors (Lipinski definition) is 1. The molecule has 0 bridgehead atoms. The predicted octanol–water partition coefficient (Wildman–Crippen LogP) is 1.86. The van der Waals surface area contributed by atoms with E-state index >= 15 is 0 Å². The first kappa shape index (κ1) is 10.4. The third-order valence-electron chi connectivity index (χ3n) is 3.87. The van der Waals surface area contributed by atoms with Gasteiger partial charge in [-0.2, -0.15) is 0 Å². The highest BCUT2D eigenvalue weighted by molar-refractivity contribution is 4.90. The van der Waals surface area contributed by atoms with E-state index in [1.807, 2.05) is 0 Å². The van der Waals surface area contributed by atoms with Gasteiger partial charge in [0.25, 0.3) is 0 Å². The van der Waals surface area contributed by atoms with Crippen LogP contribution in [0.4, 0.5) is 0 Å². The maximum Gasteiger partial charge on any atom is 0.0200 e. The summed E-state index contributed by atoms with van der Waals surface area (Å²) in [5.74, 6) is 0. The molecule has 0 aromatic carbocycles. The van der Waals surface area contributed by atoms with Crippen LogP contribution < -0.4 is 5.32 Å². The summed E-state index contributed by atoms with van der Waals surface area (Å²) in [6.45, 7) is 7.16. The Morgan fingerprint density at radius 1 is 1.36 bits per heavy atom. The van der Waals surface area contributed by atoms with Crippen LogP contribution in [0, 0.1) is 5.41 Å². The van der Waals surface area contributed by atoms with E-state index < -0.39 is 0 Å². The van der Waals surface area contributed by atoms with Crippen molar-refractivity contribution in [3.63, 3.8) is 0 Å². The first-order chi connectivity index (χ1) is 6.57. The molecule has 14 heavy (non-hydrogen) atoms. The topological polar surface area (TPSA) is 15.3 Å². The first-order valence-electron chi connectivity index (χ1n) is 6.00. The normalized spacial score (nSPS) is 32.1. The summed E-state index contributed by atoms with van der Waals surface area (Å²) in [6.07, 6.45) is 5.63. The van der Waals surface area contributed by atoms with E-state index in [1.54, 1.807) is 0 Å². The van der Waals surface area contributed by atoms with Crippen molar-refractivity contribution in [2.24, 2.45) is 5.41 Å². The molecule has 1 atom stereocenters. The molecule has 1 heterocycles. The third kappa shape index (κ3) is 2.29. The van der Waals surface area contributed by atoms with E-state index in [0.29, 0.717) is 5.41 Å². The minimum absolute atomic E-state index is 0.519. The van der Waals surface area contributed by atoms with E-state index in [2.05, 4.69) is 31.1 Å². The number of nitrogens with zero attached hydrogens (tertiary/aromatic N) is 1. The molecule has 82 valence electrons. The Balaban J connectivity index is 1.75. The summed E-state index contributed by atoms with van der Waals surface area (Å²) in [5, 5.41) is 3.64. The SMILES string of the molecule is CN(CC1CC(C)(C)CN1)C1CCC1. The first-order valence-corrected chi connectivity index (χ1v) is 6.00. The molecule has 1 saturated heterocycles. The Bertz CT molecular complexity index is 196. The minimum Gasteiger partial charge on any atom is -0.312 e. The molecular weight excluding hydrogens is 172 g/mol. The van der Waals surface area contributed by atoms with Crippen LogP contribution in [0.2, 0.25) is 0 Å². The molecular formula is C12H24N2. The molecule has 1 unspecified atom stereocenters. The Morgan fingerprint density at radius 2 is 2.07 bits per heavy atom. The monoisotopic (exact) mass is 196 g/mol. The molecule has 2 heteroatoms. The molecule has 2 rings (SSSR count). The van der Waals surface area contributed by atoms with Crippen molar-refractivity contribution in [2.45, 2.75) is 51.6 Å². The summed E-state index contributed by atoms with van der Waals surface area (Å²) in [7, 11) is 2.29. The van der Waals surface area contributed by atoms with Crippen LogP contribution in [-0.4, -0.2) is 37.1 Å². The zero-order chi connectivity index (χ0) is 10.2. The van der Waals surface area contributed by atoms with Gasteiger partial charge in [0.15, 0.2) is 0 Å². The highest BCUT2D eigenvalue weighted by Gasteiger charge is 2.32. The van der Waals surface area contributed by atoms with E-state index in [-0.39, 0.29) is 0 Å². The van der Waals surface area contributed by atoms with Crippen molar-refractivity contribution >= 4 is 0 Å².